The van der Waals surface area contributed by atoms with Crippen molar-refractivity contribution in [2.75, 3.05) is 22.9 Å². The average molecular weight is 465 g/mol. The second-order valence-electron chi connectivity index (χ2n) is 7.24. The van der Waals surface area contributed by atoms with E-state index in [0.717, 1.165) is 0 Å². The zero-order valence-corrected chi connectivity index (χ0v) is 18.4. The predicted octanol–water partition coefficient (Wildman–Crippen LogP) is 6.35. The zero-order chi connectivity index (χ0) is 22.3. The van der Waals surface area contributed by atoms with Crippen molar-refractivity contribution in [1.29, 1.82) is 0 Å². The van der Waals surface area contributed by atoms with E-state index in [0.29, 0.717) is 35.6 Å². The molecule has 0 amide bonds. The van der Waals surface area contributed by atoms with Gasteiger partial charge in [-0.25, -0.2) is 8.78 Å². The van der Waals surface area contributed by atoms with Gasteiger partial charge in [0.25, 0.3) is 0 Å². The predicted molar refractivity (Wildman–Crippen MR) is 119 cm³/mol. The summed E-state index contributed by atoms with van der Waals surface area (Å²) in [5.41, 5.74) is 2.28. The minimum Gasteiger partial charge on any atom is -0.452 e. The van der Waals surface area contributed by atoms with Crippen LogP contribution in [-0.2, 0) is 9.53 Å². The maximum Gasteiger partial charge on any atom is 0.318 e. The van der Waals surface area contributed by atoms with E-state index in [1.165, 1.54) is 24.3 Å². The highest BCUT2D eigenvalue weighted by Gasteiger charge is 2.32. The van der Waals surface area contributed by atoms with Gasteiger partial charge in [-0.15, -0.1) is 0 Å². The van der Waals surface area contributed by atoms with Crippen molar-refractivity contribution in [3.63, 3.8) is 0 Å². The normalized spacial score (nSPS) is 19.3. The van der Waals surface area contributed by atoms with Crippen molar-refractivity contribution in [3.05, 3.63) is 81.6 Å². The zero-order valence-electron chi connectivity index (χ0n) is 16.9. The Labute approximate surface area is 189 Å². The van der Waals surface area contributed by atoms with Gasteiger partial charge in [0.1, 0.15) is 23.7 Å². The largest absolute Gasteiger partial charge is 0.452 e. The topological polar surface area (TPSA) is 32.8 Å². The standard InChI is InChI=1S/C23H20Cl2F2N2O2/c1-3-28-7-5-13(14-9-18(26)16(24)11-20(14)28)23(30)31-22-6-8-29(4-2)21-12-17(25)19(27)10-15(21)22/h5-13,22H,3-4H2,1-2H3. The number of hydrogen-bond donors (Lipinski definition) is 0. The lowest BCUT2D eigenvalue weighted by molar-refractivity contribution is -0.147. The number of benzene rings is 2. The molecule has 2 atom stereocenters. The Balaban J connectivity index is 1.67. The third-order valence-corrected chi connectivity index (χ3v) is 6.06. The summed E-state index contributed by atoms with van der Waals surface area (Å²) in [6.07, 6.45) is 6.08. The Bertz CT molecular complexity index is 1100. The van der Waals surface area contributed by atoms with Crippen LogP contribution in [0, 0.1) is 11.6 Å². The van der Waals surface area contributed by atoms with Crippen molar-refractivity contribution < 1.29 is 18.3 Å². The maximum absolute atomic E-state index is 14.2. The molecule has 2 aliphatic heterocycles. The van der Waals surface area contributed by atoms with Crippen LogP contribution in [0.1, 0.15) is 37.0 Å². The molecule has 0 aromatic heterocycles. The molecule has 0 N–H and O–H groups in total. The van der Waals surface area contributed by atoms with Gasteiger partial charge in [0.15, 0.2) is 0 Å². The first-order chi connectivity index (χ1) is 14.8. The molecular weight excluding hydrogens is 445 g/mol. The van der Waals surface area contributed by atoms with Crippen molar-refractivity contribution in [3.8, 4) is 0 Å². The molecule has 0 radical (unpaired) electrons. The van der Waals surface area contributed by atoms with Gasteiger partial charge in [-0.1, -0.05) is 23.2 Å². The van der Waals surface area contributed by atoms with Crippen LogP contribution >= 0.6 is 23.2 Å². The molecule has 0 bridgehead atoms. The quantitative estimate of drug-likeness (QED) is 0.493. The van der Waals surface area contributed by atoms with Gasteiger partial charge in [0.05, 0.1) is 10.0 Å². The van der Waals surface area contributed by atoms with Crippen LogP contribution in [0.25, 0.3) is 0 Å². The number of carbonyl (C=O) groups excluding carboxylic acids is 1. The van der Waals surface area contributed by atoms with E-state index >= 15 is 0 Å². The molecule has 2 aliphatic rings. The van der Waals surface area contributed by atoms with Crippen molar-refractivity contribution >= 4 is 40.5 Å². The molecule has 31 heavy (non-hydrogen) atoms. The van der Waals surface area contributed by atoms with E-state index in [9.17, 15) is 13.6 Å². The van der Waals surface area contributed by atoms with Gasteiger partial charge in [0.2, 0.25) is 0 Å². The summed E-state index contributed by atoms with van der Waals surface area (Å²) >= 11 is 11.9. The SMILES string of the molecule is CCN1C=CC(OC(=O)C2C=CN(CC)c3cc(Cl)c(F)cc32)c2cc(F)c(Cl)cc21. The van der Waals surface area contributed by atoms with E-state index in [4.69, 9.17) is 27.9 Å². The number of hydrogen-bond acceptors (Lipinski definition) is 4. The Morgan fingerprint density at radius 2 is 1.42 bits per heavy atom. The van der Waals surface area contributed by atoms with Crippen LogP contribution in [0.15, 0.2) is 48.8 Å². The van der Waals surface area contributed by atoms with E-state index in [2.05, 4.69) is 0 Å². The van der Waals surface area contributed by atoms with Crippen LogP contribution in [0.2, 0.25) is 10.0 Å². The Morgan fingerprint density at radius 3 is 2.00 bits per heavy atom. The number of carbonyl (C=O) groups is 1. The van der Waals surface area contributed by atoms with Gasteiger partial charge in [-0.05, 0) is 55.8 Å². The minimum absolute atomic E-state index is 0.00581. The fraction of sp³-hybridized carbons (Fsp3) is 0.261. The summed E-state index contributed by atoms with van der Waals surface area (Å²) in [7, 11) is 0. The fourth-order valence-electron chi connectivity index (χ4n) is 3.88. The van der Waals surface area contributed by atoms with Gasteiger partial charge < -0.3 is 14.5 Å². The molecule has 0 fully saturated rings. The molecular formula is C23H20Cl2F2N2O2. The average Bonchev–Trinajstić information content (AvgIpc) is 2.75. The van der Waals surface area contributed by atoms with Crippen molar-refractivity contribution in [2.45, 2.75) is 25.9 Å². The van der Waals surface area contributed by atoms with Crippen LogP contribution in [0.5, 0.6) is 0 Å². The van der Waals surface area contributed by atoms with Gasteiger partial charge in [-0.2, -0.15) is 0 Å². The number of esters is 1. The number of ether oxygens (including phenoxy) is 1. The van der Waals surface area contributed by atoms with Crippen LogP contribution < -0.4 is 9.80 Å². The molecule has 0 saturated carbocycles. The number of rotatable bonds is 4. The van der Waals surface area contributed by atoms with E-state index in [1.807, 2.05) is 23.6 Å². The van der Waals surface area contributed by atoms with Crippen LogP contribution in [0.4, 0.5) is 20.2 Å². The molecule has 4 rings (SSSR count). The number of nitrogens with zero attached hydrogens (tertiary/aromatic N) is 2. The van der Waals surface area contributed by atoms with Gasteiger partial charge >= 0.3 is 5.97 Å². The van der Waals surface area contributed by atoms with E-state index < -0.39 is 29.6 Å². The first-order valence-corrected chi connectivity index (χ1v) is 10.7. The first kappa shape index (κ1) is 21.7. The molecule has 2 aromatic carbocycles. The molecule has 2 heterocycles. The molecule has 8 heteroatoms. The second-order valence-corrected chi connectivity index (χ2v) is 8.05. The highest BCUT2D eigenvalue weighted by atomic mass is 35.5. The fourth-order valence-corrected chi connectivity index (χ4v) is 4.19. The first-order valence-electron chi connectivity index (χ1n) is 9.92. The lowest BCUT2D eigenvalue weighted by Crippen LogP contribution is -2.28. The molecule has 4 nitrogen and oxygen atoms in total. The minimum atomic E-state index is -0.817. The smallest absolute Gasteiger partial charge is 0.318 e. The number of anilines is 2. The summed E-state index contributed by atoms with van der Waals surface area (Å²) < 4.78 is 34.1. The Hall–Kier alpha value is -2.57. The van der Waals surface area contributed by atoms with Gasteiger partial charge in [-0.3, -0.25) is 4.79 Å². The third kappa shape index (κ3) is 3.90. The van der Waals surface area contributed by atoms with Gasteiger partial charge in [0, 0.05) is 42.4 Å². The van der Waals surface area contributed by atoms with E-state index in [1.54, 1.807) is 24.6 Å². The summed E-state index contributed by atoms with van der Waals surface area (Å²) in [5.74, 6) is -2.59. The van der Waals surface area contributed by atoms with Crippen LogP contribution in [-0.4, -0.2) is 19.1 Å². The van der Waals surface area contributed by atoms with Crippen molar-refractivity contribution in [2.24, 2.45) is 0 Å². The molecule has 2 unspecified atom stereocenters. The number of fused-ring (bicyclic) bond motifs is 2. The number of halogens is 4. The maximum atomic E-state index is 14.2. The van der Waals surface area contributed by atoms with E-state index in [-0.39, 0.29) is 10.0 Å². The third-order valence-electron chi connectivity index (χ3n) is 5.48. The highest BCUT2D eigenvalue weighted by molar-refractivity contribution is 6.31. The molecule has 0 saturated heterocycles. The molecule has 0 aliphatic carbocycles. The summed E-state index contributed by atoms with van der Waals surface area (Å²) in [5, 5.41) is -0.0236. The monoisotopic (exact) mass is 464 g/mol. The van der Waals surface area contributed by atoms with Crippen LogP contribution in [0.3, 0.4) is 0 Å². The molecule has 2 aromatic rings. The summed E-state index contributed by atoms with van der Waals surface area (Å²) in [6, 6.07) is 5.57. The second kappa shape index (κ2) is 8.52. The Morgan fingerprint density at radius 1 is 0.903 bits per heavy atom. The van der Waals surface area contributed by atoms with Crippen molar-refractivity contribution in [1.82, 2.24) is 0 Å². The molecule has 0 spiro atoms. The highest BCUT2D eigenvalue weighted by Crippen LogP contribution is 2.41. The lowest BCUT2D eigenvalue weighted by atomic mass is 9.93. The Kier molecular flexibility index (Phi) is 5.95. The summed E-state index contributed by atoms with van der Waals surface area (Å²) in [4.78, 5) is 16.9. The summed E-state index contributed by atoms with van der Waals surface area (Å²) in [6.45, 7) is 5.14. The molecule has 162 valence electrons. The lowest BCUT2D eigenvalue weighted by Gasteiger charge is -2.32.